The van der Waals surface area contributed by atoms with Crippen LogP contribution in [0.3, 0.4) is 0 Å². The molecule has 0 aliphatic heterocycles. The number of aromatic nitrogens is 2. The van der Waals surface area contributed by atoms with Crippen molar-refractivity contribution in [3.05, 3.63) is 24.3 Å². The lowest BCUT2D eigenvalue weighted by Crippen LogP contribution is -2.33. The van der Waals surface area contributed by atoms with Crippen molar-refractivity contribution in [3.8, 4) is 0 Å². The minimum atomic E-state index is -0.481. The van der Waals surface area contributed by atoms with Gasteiger partial charge in [0.15, 0.2) is 5.16 Å². The van der Waals surface area contributed by atoms with Crippen LogP contribution in [-0.4, -0.2) is 39.4 Å². The van der Waals surface area contributed by atoms with Gasteiger partial charge >= 0.3 is 0 Å². The second kappa shape index (κ2) is 7.47. The second-order valence-corrected chi connectivity index (χ2v) is 6.40. The van der Waals surface area contributed by atoms with E-state index in [1.54, 1.807) is 0 Å². The average Bonchev–Trinajstić information content (AvgIpc) is 2.85. The molecule has 2 aromatic rings. The van der Waals surface area contributed by atoms with Gasteiger partial charge in [-0.25, -0.2) is 4.98 Å². The molecular weight excluding hydrogens is 286 g/mol. The van der Waals surface area contributed by atoms with Crippen molar-refractivity contribution < 1.29 is 9.90 Å². The number of benzene rings is 1. The zero-order valence-corrected chi connectivity index (χ0v) is 13.1. The van der Waals surface area contributed by atoms with Gasteiger partial charge in [0.25, 0.3) is 0 Å². The van der Waals surface area contributed by atoms with E-state index in [0.29, 0.717) is 18.9 Å². The summed E-state index contributed by atoms with van der Waals surface area (Å²) in [6.45, 7) is 4.39. The Kier molecular flexibility index (Phi) is 5.64. The summed E-state index contributed by atoms with van der Waals surface area (Å²) in [5.74, 6) is 0.610. The zero-order valence-electron chi connectivity index (χ0n) is 12.3. The monoisotopic (exact) mass is 307 g/mol. The van der Waals surface area contributed by atoms with Crippen LogP contribution in [0.15, 0.2) is 29.4 Å². The van der Waals surface area contributed by atoms with Gasteiger partial charge in [0.05, 0.1) is 22.9 Å². The number of hydrogen-bond acceptors (Lipinski definition) is 4. The smallest absolute Gasteiger partial charge is 0.230 e. The van der Waals surface area contributed by atoms with E-state index in [1.807, 2.05) is 38.1 Å². The fourth-order valence-corrected chi connectivity index (χ4v) is 2.76. The molecule has 1 unspecified atom stereocenters. The van der Waals surface area contributed by atoms with Crippen molar-refractivity contribution in [2.75, 3.05) is 12.3 Å². The topological polar surface area (TPSA) is 78.0 Å². The summed E-state index contributed by atoms with van der Waals surface area (Å²) in [6, 6.07) is 7.76. The summed E-state index contributed by atoms with van der Waals surface area (Å²) in [5, 5.41) is 13.2. The van der Waals surface area contributed by atoms with E-state index >= 15 is 0 Å². The van der Waals surface area contributed by atoms with Crippen molar-refractivity contribution in [3.63, 3.8) is 0 Å². The molecule has 21 heavy (non-hydrogen) atoms. The van der Waals surface area contributed by atoms with E-state index < -0.39 is 6.10 Å². The summed E-state index contributed by atoms with van der Waals surface area (Å²) >= 11 is 1.36. The van der Waals surface area contributed by atoms with Crippen molar-refractivity contribution in [1.82, 2.24) is 15.3 Å². The zero-order chi connectivity index (χ0) is 15.2. The number of para-hydroxylation sites is 2. The molecule has 114 valence electrons. The molecule has 0 aliphatic rings. The van der Waals surface area contributed by atoms with Crippen molar-refractivity contribution >= 4 is 28.7 Å². The number of carbonyl (C=O) groups is 1. The Bertz CT molecular complexity index is 564. The summed E-state index contributed by atoms with van der Waals surface area (Å²) in [6.07, 6.45) is 0.210. The maximum atomic E-state index is 11.7. The van der Waals surface area contributed by atoms with Gasteiger partial charge in [-0.2, -0.15) is 0 Å². The molecule has 0 saturated heterocycles. The highest BCUT2D eigenvalue weighted by molar-refractivity contribution is 7.99. The quantitative estimate of drug-likeness (QED) is 0.685. The van der Waals surface area contributed by atoms with Crippen LogP contribution in [0, 0.1) is 5.92 Å². The van der Waals surface area contributed by atoms with Crippen molar-refractivity contribution in [1.29, 1.82) is 0 Å². The number of nitrogens with one attached hydrogen (secondary N) is 2. The first-order chi connectivity index (χ1) is 10.0. The molecular formula is C15H21N3O2S. The van der Waals surface area contributed by atoms with Crippen molar-refractivity contribution in [2.45, 2.75) is 31.5 Å². The normalized spacial score (nSPS) is 12.8. The van der Waals surface area contributed by atoms with E-state index in [-0.39, 0.29) is 11.7 Å². The van der Waals surface area contributed by atoms with Gasteiger partial charge in [-0.15, -0.1) is 0 Å². The van der Waals surface area contributed by atoms with Crippen molar-refractivity contribution in [2.24, 2.45) is 5.92 Å². The Morgan fingerprint density at radius 3 is 2.90 bits per heavy atom. The Morgan fingerprint density at radius 1 is 1.43 bits per heavy atom. The predicted octanol–water partition coefficient (Wildman–Crippen LogP) is 2.18. The van der Waals surface area contributed by atoms with Crippen LogP contribution in [-0.2, 0) is 4.79 Å². The maximum absolute atomic E-state index is 11.7. The first kappa shape index (κ1) is 15.9. The minimum absolute atomic E-state index is 0.0942. The third-order valence-electron chi connectivity index (χ3n) is 2.99. The lowest BCUT2D eigenvalue weighted by atomic mass is 10.1. The summed E-state index contributed by atoms with van der Waals surface area (Å²) in [5.41, 5.74) is 1.86. The fourth-order valence-electron chi connectivity index (χ4n) is 2.04. The summed E-state index contributed by atoms with van der Waals surface area (Å²) < 4.78 is 0. The largest absolute Gasteiger partial charge is 0.391 e. The Balaban J connectivity index is 1.76. The molecule has 1 atom stereocenters. The molecule has 1 amide bonds. The van der Waals surface area contributed by atoms with Crippen LogP contribution in [0.4, 0.5) is 0 Å². The Hall–Kier alpha value is -1.53. The Morgan fingerprint density at radius 2 is 2.19 bits per heavy atom. The molecule has 5 nitrogen and oxygen atoms in total. The lowest BCUT2D eigenvalue weighted by Gasteiger charge is -2.13. The molecule has 0 bridgehead atoms. The number of nitrogens with zero attached hydrogens (tertiary/aromatic N) is 1. The SMILES string of the molecule is CC(C)CC(O)CNC(=O)CSc1nc2ccccc2[nH]1. The van der Waals surface area contributed by atoms with E-state index in [2.05, 4.69) is 15.3 Å². The number of imidazole rings is 1. The molecule has 1 aromatic heterocycles. The average molecular weight is 307 g/mol. The molecule has 2 rings (SSSR count). The van der Waals surface area contributed by atoms with Crippen LogP contribution in [0.1, 0.15) is 20.3 Å². The highest BCUT2D eigenvalue weighted by Gasteiger charge is 2.10. The first-order valence-electron chi connectivity index (χ1n) is 7.07. The third-order valence-corrected chi connectivity index (χ3v) is 3.86. The van der Waals surface area contributed by atoms with Crippen LogP contribution in [0.25, 0.3) is 11.0 Å². The van der Waals surface area contributed by atoms with Gasteiger partial charge in [0.2, 0.25) is 5.91 Å². The predicted molar refractivity (Wildman–Crippen MR) is 85.3 cm³/mol. The number of rotatable bonds is 7. The van der Waals surface area contributed by atoms with Crippen LogP contribution < -0.4 is 5.32 Å². The molecule has 0 aliphatic carbocycles. The molecule has 1 aromatic carbocycles. The third kappa shape index (κ3) is 5.06. The minimum Gasteiger partial charge on any atom is -0.391 e. The molecule has 6 heteroatoms. The van der Waals surface area contributed by atoms with Gasteiger partial charge in [0.1, 0.15) is 0 Å². The van der Waals surface area contributed by atoms with Gasteiger partial charge in [-0.3, -0.25) is 4.79 Å². The lowest BCUT2D eigenvalue weighted by molar-refractivity contribution is -0.119. The number of aliphatic hydroxyl groups excluding tert-OH is 1. The standard InChI is InChI=1S/C15H21N3O2S/c1-10(2)7-11(19)8-16-14(20)9-21-15-17-12-5-3-4-6-13(12)18-15/h3-6,10-11,19H,7-9H2,1-2H3,(H,16,20)(H,17,18). The molecule has 0 saturated carbocycles. The van der Waals surface area contributed by atoms with E-state index in [9.17, 15) is 9.90 Å². The maximum Gasteiger partial charge on any atom is 0.230 e. The molecule has 0 fully saturated rings. The molecule has 3 N–H and O–H groups in total. The van der Waals surface area contributed by atoms with Gasteiger partial charge in [0, 0.05) is 6.54 Å². The van der Waals surface area contributed by atoms with Crippen LogP contribution in [0.2, 0.25) is 0 Å². The van der Waals surface area contributed by atoms with E-state index in [0.717, 1.165) is 16.2 Å². The second-order valence-electron chi connectivity index (χ2n) is 5.44. The number of thioether (sulfide) groups is 1. The molecule has 1 heterocycles. The van der Waals surface area contributed by atoms with Gasteiger partial charge in [-0.1, -0.05) is 37.7 Å². The summed E-state index contributed by atoms with van der Waals surface area (Å²) in [4.78, 5) is 19.3. The molecule has 0 radical (unpaired) electrons. The number of fused-ring (bicyclic) bond motifs is 1. The Labute approximate surface area is 128 Å². The van der Waals surface area contributed by atoms with Crippen LogP contribution in [0.5, 0.6) is 0 Å². The highest BCUT2D eigenvalue weighted by Crippen LogP contribution is 2.18. The van der Waals surface area contributed by atoms with E-state index in [1.165, 1.54) is 11.8 Å². The van der Waals surface area contributed by atoms with E-state index in [4.69, 9.17) is 0 Å². The fraction of sp³-hybridized carbons (Fsp3) is 0.467. The first-order valence-corrected chi connectivity index (χ1v) is 8.05. The van der Waals surface area contributed by atoms with Gasteiger partial charge in [-0.05, 0) is 24.5 Å². The van der Waals surface area contributed by atoms with Crippen LogP contribution >= 0.6 is 11.8 Å². The summed E-state index contributed by atoms with van der Waals surface area (Å²) in [7, 11) is 0. The number of aromatic amines is 1. The molecule has 0 spiro atoms. The van der Waals surface area contributed by atoms with Gasteiger partial charge < -0.3 is 15.4 Å². The number of carbonyl (C=O) groups excluding carboxylic acids is 1. The number of amides is 1. The number of hydrogen-bond donors (Lipinski definition) is 3. The number of aliphatic hydroxyl groups is 1. The number of H-pyrrole nitrogens is 1. The highest BCUT2D eigenvalue weighted by atomic mass is 32.2.